The fourth-order valence-corrected chi connectivity index (χ4v) is 6.52. The fraction of sp³-hybridized carbons (Fsp3) is 0.387. The van der Waals surface area contributed by atoms with E-state index in [9.17, 15) is 14.3 Å². The summed E-state index contributed by atoms with van der Waals surface area (Å²) in [5.41, 5.74) is 4.50. The number of piperidine rings is 1. The summed E-state index contributed by atoms with van der Waals surface area (Å²) in [6.07, 6.45) is 6.91. The van der Waals surface area contributed by atoms with Gasteiger partial charge >= 0.3 is 0 Å². The molecule has 2 saturated heterocycles. The van der Waals surface area contributed by atoms with Gasteiger partial charge in [0.05, 0.1) is 40.6 Å². The molecule has 3 aliphatic rings. The maximum atomic E-state index is 13.7. The van der Waals surface area contributed by atoms with Crippen molar-refractivity contribution < 1.29 is 14.3 Å². The Labute approximate surface area is 243 Å². The van der Waals surface area contributed by atoms with Crippen molar-refractivity contribution in [3.05, 3.63) is 71.9 Å². The van der Waals surface area contributed by atoms with Crippen molar-refractivity contribution in [3.63, 3.8) is 0 Å². The number of carbonyl (C=O) groups is 1. The Morgan fingerprint density at radius 1 is 1.07 bits per heavy atom. The summed E-state index contributed by atoms with van der Waals surface area (Å²) < 4.78 is 15.5. The van der Waals surface area contributed by atoms with Gasteiger partial charge in [0.25, 0.3) is 5.91 Å². The van der Waals surface area contributed by atoms with Crippen LogP contribution in [0.25, 0.3) is 16.9 Å². The lowest BCUT2D eigenvalue weighted by molar-refractivity contribution is -0.0172. The molecule has 42 heavy (non-hydrogen) atoms. The summed E-state index contributed by atoms with van der Waals surface area (Å²) in [5.74, 6) is 0.128. The number of aliphatic hydroxyl groups is 1. The first-order valence-corrected chi connectivity index (χ1v) is 14.5. The van der Waals surface area contributed by atoms with Gasteiger partial charge in [0.15, 0.2) is 0 Å². The van der Waals surface area contributed by atoms with Gasteiger partial charge < -0.3 is 25.5 Å². The molecule has 3 aliphatic heterocycles. The Kier molecular flexibility index (Phi) is 6.80. The number of fused-ring (bicyclic) bond motifs is 2. The Morgan fingerprint density at radius 3 is 2.74 bits per heavy atom. The third-order valence-electron chi connectivity index (χ3n) is 8.76. The molecule has 7 rings (SSSR count). The predicted molar refractivity (Wildman–Crippen MR) is 160 cm³/mol. The minimum atomic E-state index is -0.740. The standard InChI is InChI=1S/C31H35FN8O2/c1-37-11-13-38(14-12-37)19-31(42)8-2-9-39(20-31)22-3-6-27(33-16-22)36-25-5-4-23(24-17-35-30(41)29(24)25)26-18-34-28-15-21(32)7-10-40(26)28/h3-7,10,15-16,18,42H,2,8-9,11-14,17,19-20H2,1H3,(H,33,36)(H,35,41). The normalized spacial score (nSPS) is 21.5. The molecule has 0 saturated carbocycles. The van der Waals surface area contributed by atoms with Crippen LogP contribution >= 0.6 is 0 Å². The van der Waals surface area contributed by atoms with Crippen LogP contribution in [-0.2, 0) is 6.54 Å². The van der Waals surface area contributed by atoms with Crippen LogP contribution in [0.3, 0.4) is 0 Å². The van der Waals surface area contributed by atoms with E-state index in [4.69, 9.17) is 0 Å². The average Bonchev–Trinajstić information content (AvgIpc) is 3.58. The number of likely N-dealkylation sites (N-methyl/N-ethyl adjacent to an activating group) is 1. The SMILES string of the molecule is CN1CCN(CC2(O)CCCN(c3ccc(Nc4ccc(-c5cnc6cc(F)ccn56)c5c4C(=O)NC5)nc3)C2)CC1. The van der Waals surface area contributed by atoms with Crippen LogP contribution in [-0.4, -0.2) is 93.6 Å². The van der Waals surface area contributed by atoms with E-state index in [1.54, 1.807) is 12.4 Å². The van der Waals surface area contributed by atoms with E-state index in [0.717, 1.165) is 68.1 Å². The van der Waals surface area contributed by atoms with Crippen LogP contribution in [0.2, 0.25) is 0 Å². The van der Waals surface area contributed by atoms with Gasteiger partial charge in [-0.3, -0.25) is 14.1 Å². The molecule has 10 nitrogen and oxygen atoms in total. The van der Waals surface area contributed by atoms with E-state index in [2.05, 4.69) is 42.3 Å². The molecule has 2 fully saturated rings. The molecule has 4 aromatic rings. The van der Waals surface area contributed by atoms with E-state index < -0.39 is 5.60 Å². The monoisotopic (exact) mass is 570 g/mol. The molecule has 218 valence electrons. The molecule has 0 spiro atoms. The topological polar surface area (TPSA) is 101 Å². The smallest absolute Gasteiger partial charge is 0.254 e. The van der Waals surface area contributed by atoms with Crippen molar-refractivity contribution in [2.75, 3.05) is 63.1 Å². The molecule has 3 N–H and O–H groups in total. The van der Waals surface area contributed by atoms with Crippen LogP contribution < -0.4 is 15.5 Å². The van der Waals surface area contributed by atoms with Crippen molar-refractivity contribution in [2.45, 2.75) is 25.0 Å². The predicted octanol–water partition coefficient (Wildman–Crippen LogP) is 3.10. The molecule has 1 atom stereocenters. The number of aromatic nitrogens is 3. The first kappa shape index (κ1) is 26.8. The number of carbonyl (C=O) groups excluding carboxylic acids is 1. The van der Waals surface area contributed by atoms with Gasteiger partial charge in [0, 0.05) is 70.2 Å². The number of β-amino-alcohol motifs (C(OH)–C–C–N with tert-alkyl or cyclic N) is 1. The molecule has 0 aliphatic carbocycles. The second-order valence-corrected chi connectivity index (χ2v) is 11.8. The second kappa shape index (κ2) is 10.6. The number of hydrogen-bond acceptors (Lipinski definition) is 8. The number of hydrogen-bond donors (Lipinski definition) is 3. The van der Waals surface area contributed by atoms with Crippen molar-refractivity contribution in [1.82, 2.24) is 29.5 Å². The van der Waals surface area contributed by atoms with Crippen LogP contribution in [0.4, 0.5) is 21.6 Å². The number of imidazole rings is 1. The molecular formula is C31H35FN8O2. The third kappa shape index (κ3) is 5.08. The number of nitrogens with one attached hydrogen (secondary N) is 2. The van der Waals surface area contributed by atoms with Gasteiger partial charge in [-0.1, -0.05) is 6.07 Å². The van der Waals surface area contributed by atoms with Crippen LogP contribution in [0, 0.1) is 5.82 Å². The summed E-state index contributed by atoms with van der Waals surface area (Å²) in [7, 11) is 2.14. The highest BCUT2D eigenvalue weighted by Crippen LogP contribution is 2.36. The van der Waals surface area contributed by atoms with Gasteiger partial charge in [-0.2, -0.15) is 0 Å². The lowest BCUT2D eigenvalue weighted by atomic mass is 9.91. The Balaban J connectivity index is 1.08. The number of piperazine rings is 1. The second-order valence-electron chi connectivity index (χ2n) is 11.8. The molecule has 1 aromatic carbocycles. The number of pyridine rings is 2. The van der Waals surface area contributed by atoms with Gasteiger partial charge in [-0.05, 0) is 49.7 Å². The summed E-state index contributed by atoms with van der Waals surface area (Å²) in [6.45, 7) is 6.60. The number of halogens is 1. The van der Waals surface area contributed by atoms with E-state index in [-0.39, 0.29) is 11.7 Å². The van der Waals surface area contributed by atoms with Crippen molar-refractivity contribution >= 4 is 28.7 Å². The molecule has 6 heterocycles. The van der Waals surface area contributed by atoms with Gasteiger partial charge in [0.2, 0.25) is 0 Å². The average molecular weight is 571 g/mol. The fourth-order valence-electron chi connectivity index (χ4n) is 6.52. The summed E-state index contributed by atoms with van der Waals surface area (Å²) in [6, 6.07) is 10.5. The van der Waals surface area contributed by atoms with Crippen LogP contribution in [0.15, 0.2) is 55.0 Å². The molecule has 0 bridgehead atoms. The summed E-state index contributed by atoms with van der Waals surface area (Å²) in [4.78, 5) is 28.8. The lowest BCUT2D eigenvalue weighted by Gasteiger charge is -2.44. The maximum absolute atomic E-state index is 13.7. The van der Waals surface area contributed by atoms with Crippen LogP contribution in [0.5, 0.6) is 0 Å². The summed E-state index contributed by atoms with van der Waals surface area (Å²) in [5, 5.41) is 17.7. The van der Waals surface area contributed by atoms with Gasteiger partial charge in [-0.15, -0.1) is 0 Å². The minimum Gasteiger partial charge on any atom is -0.387 e. The van der Waals surface area contributed by atoms with Gasteiger partial charge in [-0.25, -0.2) is 14.4 Å². The molecular weight excluding hydrogens is 535 g/mol. The minimum absolute atomic E-state index is 0.154. The number of anilines is 3. The number of amides is 1. The third-order valence-corrected chi connectivity index (χ3v) is 8.76. The highest BCUT2D eigenvalue weighted by Gasteiger charge is 2.36. The molecule has 11 heteroatoms. The Morgan fingerprint density at radius 2 is 1.93 bits per heavy atom. The van der Waals surface area contributed by atoms with E-state index in [0.29, 0.717) is 42.4 Å². The van der Waals surface area contributed by atoms with E-state index >= 15 is 0 Å². The number of rotatable bonds is 6. The van der Waals surface area contributed by atoms with Crippen molar-refractivity contribution in [1.29, 1.82) is 0 Å². The summed E-state index contributed by atoms with van der Waals surface area (Å²) >= 11 is 0. The molecule has 1 amide bonds. The Hall–Kier alpha value is -4.06. The maximum Gasteiger partial charge on any atom is 0.254 e. The molecule has 3 aromatic heterocycles. The van der Waals surface area contributed by atoms with Crippen molar-refractivity contribution in [3.8, 4) is 11.3 Å². The molecule has 1 unspecified atom stereocenters. The van der Waals surface area contributed by atoms with E-state index in [1.807, 2.05) is 34.9 Å². The van der Waals surface area contributed by atoms with E-state index in [1.165, 1.54) is 12.1 Å². The zero-order valence-corrected chi connectivity index (χ0v) is 23.7. The number of benzene rings is 1. The van der Waals surface area contributed by atoms with Gasteiger partial charge in [0.1, 0.15) is 17.3 Å². The Bertz CT molecular complexity index is 1630. The van der Waals surface area contributed by atoms with Crippen LogP contribution in [0.1, 0.15) is 28.8 Å². The first-order chi connectivity index (χ1) is 20.3. The quantitative estimate of drug-likeness (QED) is 0.325. The largest absolute Gasteiger partial charge is 0.387 e. The first-order valence-electron chi connectivity index (χ1n) is 14.5. The lowest BCUT2D eigenvalue weighted by Crippen LogP contribution is -2.57. The highest BCUT2D eigenvalue weighted by atomic mass is 19.1. The zero-order chi connectivity index (χ0) is 28.8. The zero-order valence-electron chi connectivity index (χ0n) is 23.7. The molecule has 0 radical (unpaired) electrons. The number of nitrogens with zero attached hydrogens (tertiary/aromatic N) is 6. The highest BCUT2D eigenvalue weighted by molar-refractivity contribution is 6.06. The van der Waals surface area contributed by atoms with Crippen molar-refractivity contribution in [2.24, 2.45) is 0 Å².